The van der Waals surface area contributed by atoms with Crippen LogP contribution in [0.1, 0.15) is 40.1 Å². The Bertz CT molecular complexity index is 464. The molecular weight excluding hydrogens is 192 g/mol. The topological polar surface area (TPSA) is 72.2 Å². The van der Waals surface area contributed by atoms with E-state index in [1.54, 1.807) is 18.2 Å². The van der Waals surface area contributed by atoms with Gasteiger partial charge >= 0.3 is 0 Å². The lowest BCUT2D eigenvalue weighted by Crippen LogP contribution is -2.32. The van der Waals surface area contributed by atoms with Crippen LogP contribution in [0.15, 0.2) is 18.2 Å². The van der Waals surface area contributed by atoms with Gasteiger partial charge in [0, 0.05) is 11.1 Å². The number of benzene rings is 1. The number of nitrogens with one attached hydrogen (secondary N) is 1. The van der Waals surface area contributed by atoms with Crippen LogP contribution in [0.2, 0.25) is 0 Å². The van der Waals surface area contributed by atoms with Crippen molar-refractivity contribution in [2.24, 2.45) is 5.73 Å². The molecule has 4 nitrogen and oxygen atoms in total. The maximum Gasteiger partial charge on any atom is 0.252 e. The molecule has 15 heavy (non-hydrogen) atoms. The van der Waals surface area contributed by atoms with Crippen molar-refractivity contribution in [3.05, 3.63) is 34.9 Å². The monoisotopic (exact) mass is 204 g/mol. The zero-order chi connectivity index (χ0) is 11.2. The van der Waals surface area contributed by atoms with Gasteiger partial charge in [0.2, 0.25) is 5.91 Å². The quantitative estimate of drug-likeness (QED) is 0.709. The van der Waals surface area contributed by atoms with Gasteiger partial charge in [0.15, 0.2) is 0 Å². The summed E-state index contributed by atoms with van der Waals surface area (Å²) in [5.74, 6) is -0.584. The molecule has 0 spiro atoms. The summed E-state index contributed by atoms with van der Waals surface area (Å²) >= 11 is 0. The Morgan fingerprint density at radius 2 is 2.07 bits per heavy atom. The Morgan fingerprint density at radius 3 is 2.67 bits per heavy atom. The molecule has 1 aromatic carbocycles. The van der Waals surface area contributed by atoms with Crippen molar-refractivity contribution in [1.82, 2.24) is 5.32 Å². The molecule has 0 saturated heterocycles. The fraction of sp³-hybridized carbons (Fsp3) is 0.273. The van der Waals surface area contributed by atoms with E-state index in [1.165, 1.54) is 0 Å². The summed E-state index contributed by atoms with van der Waals surface area (Å²) < 4.78 is 0. The largest absolute Gasteiger partial charge is 0.366 e. The van der Waals surface area contributed by atoms with Crippen LogP contribution in [0.5, 0.6) is 0 Å². The van der Waals surface area contributed by atoms with Crippen LogP contribution >= 0.6 is 0 Å². The van der Waals surface area contributed by atoms with Gasteiger partial charge in [-0.2, -0.15) is 0 Å². The second-order valence-corrected chi connectivity index (χ2v) is 4.20. The van der Waals surface area contributed by atoms with Gasteiger partial charge in [0.25, 0.3) is 5.91 Å². The summed E-state index contributed by atoms with van der Waals surface area (Å²) in [6.45, 7) is 3.78. The van der Waals surface area contributed by atoms with Gasteiger partial charge in [0.1, 0.15) is 0 Å². The molecule has 2 amide bonds. The van der Waals surface area contributed by atoms with Crippen molar-refractivity contribution in [3.8, 4) is 0 Å². The number of hydrogen-bond donors (Lipinski definition) is 2. The van der Waals surface area contributed by atoms with Crippen molar-refractivity contribution >= 4 is 11.8 Å². The summed E-state index contributed by atoms with van der Waals surface area (Å²) in [6.07, 6.45) is 0. The van der Waals surface area contributed by atoms with Gasteiger partial charge < -0.3 is 11.1 Å². The predicted molar refractivity (Wildman–Crippen MR) is 55.5 cm³/mol. The van der Waals surface area contributed by atoms with Gasteiger partial charge in [0.05, 0.1) is 5.54 Å². The third kappa shape index (κ3) is 1.38. The second-order valence-electron chi connectivity index (χ2n) is 4.20. The van der Waals surface area contributed by atoms with Gasteiger partial charge in [-0.15, -0.1) is 0 Å². The predicted octanol–water partition coefficient (Wildman–Crippen LogP) is 0.764. The van der Waals surface area contributed by atoms with Crippen LogP contribution in [-0.4, -0.2) is 11.8 Å². The van der Waals surface area contributed by atoms with E-state index in [9.17, 15) is 9.59 Å². The van der Waals surface area contributed by atoms with Crippen LogP contribution in [-0.2, 0) is 5.54 Å². The normalized spacial score (nSPS) is 17.1. The van der Waals surface area contributed by atoms with Crippen LogP contribution in [0.25, 0.3) is 0 Å². The molecule has 1 heterocycles. The first-order valence-corrected chi connectivity index (χ1v) is 4.68. The third-order valence-electron chi connectivity index (χ3n) is 2.65. The minimum atomic E-state index is -0.479. The molecule has 3 N–H and O–H groups in total. The molecule has 78 valence electrons. The number of carbonyl (C=O) groups is 2. The lowest BCUT2D eigenvalue weighted by Gasteiger charge is -2.19. The molecule has 4 heteroatoms. The summed E-state index contributed by atoms with van der Waals surface area (Å²) in [4.78, 5) is 22.5. The zero-order valence-electron chi connectivity index (χ0n) is 8.63. The molecule has 0 unspecified atom stereocenters. The standard InChI is InChI=1S/C11H12N2O2/c1-11(2)8-5-6(9(12)14)3-4-7(8)10(15)13-11/h3-5H,1-2H3,(H2,12,14)(H,13,15). The Morgan fingerprint density at radius 1 is 1.40 bits per heavy atom. The second kappa shape index (κ2) is 2.82. The summed E-state index contributed by atoms with van der Waals surface area (Å²) in [7, 11) is 0. The van der Waals surface area contributed by atoms with Crippen molar-refractivity contribution in [2.45, 2.75) is 19.4 Å². The minimum absolute atomic E-state index is 0.106. The number of nitrogens with two attached hydrogens (primary N) is 1. The number of fused-ring (bicyclic) bond motifs is 1. The molecular formula is C11H12N2O2. The fourth-order valence-corrected chi connectivity index (χ4v) is 1.83. The Kier molecular flexibility index (Phi) is 1.83. The molecule has 0 saturated carbocycles. The van der Waals surface area contributed by atoms with Crippen molar-refractivity contribution in [1.29, 1.82) is 0 Å². The van der Waals surface area contributed by atoms with Gasteiger partial charge in [-0.3, -0.25) is 9.59 Å². The maximum absolute atomic E-state index is 11.5. The lowest BCUT2D eigenvalue weighted by molar-refractivity contribution is 0.0939. The SMILES string of the molecule is CC1(C)NC(=O)c2ccc(C(N)=O)cc21. The smallest absolute Gasteiger partial charge is 0.252 e. The van der Waals surface area contributed by atoms with Crippen molar-refractivity contribution in [3.63, 3.8) is 0 Å². The Hall–Kier alpha value is -1.84. The van der Waals surface area contributed by atoms with E-state index in [0.717, 1.165) is 5.56 Å². The number of primary amides is 1. The maximum atomic E-state index is 11.5. The summed E-state index contributed by atoms with van der Waals surface area (Å²) in [5.41, 5.74) is 6.62. The Labute approximate surface area is 87.5 Å². The van der Waals surface area contributed by atoms with Crippen LogP contribution in [0.3, 0.4) is 0 Å². The molecule has 0 radical (unpaired) electrons. The average Bonchev–Trinajstić information content (AvgIpc) is 2.37. The van der Waals surface area contributed by atoms with E-state index in [2.05, 4.69) is 5.32 Å². The molecule has 1 aromatic rings. The van der Waals surface area contributed by atoms with Gasteiger partial charge in [-0.1, -0.05) is 0 Å². The van der Waals surface area contributed by atoms with E-state index in [1.807, 2.05) is 13.8 Å². The highest BCUT2D eigenvalue weighted by Crippen LogP contribution is 2.30. The third-order valence-corrected chi connectivity index (χ3v) is 2.65. The summed E-state index contributed by atoms with van der Waals surface area (Å²) in [6, 6.07) is 4.89. The van der Waals surface area contributed by atoms with E-state index in [0.29, 0.717) is 11.1 Å². The van der Waals surface area contributed by atoms with Gasteiger partial charge in [-0.25, -0.2) is 0 Å². The van der Waals surface area contributed by atoms with E-state index < -0.39 is 11.4 Å². The zero-order valence-corrected chi connectivity index (χ0v) is 8.63. The molecule has 0 fully saturated rings. The number of amides is 2. The first-order valence-electron chi connectivity index (χ1n) is 4.68. The molecule has 0 aliphatic carbocycles. The van der Waals surface area contributed by atoms with Crippen molar-refractivity contribution in [2.75, 3.05) is 0 Å². The lowest BCUT2D eigenvalue weighted by atomic mass is 9.93. The molecule has 0 aromatic heterocycles. The highest BCUT2D eigenvalue weighted by atomic mass is 16.2. The molecule has 0 bridgehead atoms. The first kappa shape index (κ1) is 9.71. The fourth-order valence-electron chi connectivity index (χ4n) is 1.83. The number of hydrogen-bond acceptors (Lipinski definition) is 2. The van der Waals surface area contributed by atoms with Crippen LogP contribution < -0.4 is 11.1 Å². The van der Waals surface area contributed by atoms with E-state index in [-0.39, 0.29) is 5.91 Å². The van der Waals surface area contributed by atoms with E-state index >= 15 is 0 Å². The molecule has 1 aliphatic rings. The minimum Gasteiger partial charge on any atom is -0.366 e. The average molecular weight is 204 g/mol. The van der Waals surface area contributed by atoms with E-state index in [4.69, 9.17) is 5.73 Å². The molecule has 0 atom stereocenters. The number of carbonyl (C=O) groups excluding carboxylic acids is 2. The molecule has 1 aliphatic heterocycles. The van der Waals surface area contributed by atoms with Crippen LogP contribution in [0.4, 0.5) is 0 Å². The highest BCUT2D eigenvalue weighted by molar-refractivity contribution is 6.02. The van der Waals surface area contributed by atoms with Gasteiger partial charge in [-0.05, 0) is 37.6 Å². The Balaban J connectivity index is 2.62. The van der Waals surface area contributed by atoms with Crippen LogP contribution in [0, 0.1) is 0 Å². The van der Waals surface area contributed by atoms with Crippen molar-refractivity contribution < 1.29 is 9.59 Å². The highest BCUT2D eigenvalue weighted by Gasteiger charge is 2.35. The summed E-state index contributed by atoms with van der Waals surface area (Å²) in [5, 5.41) is 2.83. The molecule has 2 rings (SSSR count). The number of rotatable bonds is 1. The first-order chi connectivity index (χ1) is 6.92.